The van der Waals surface area contributed by atoms with Crippen molar-refractivity contribution in [1.82, 2.24) is 5.32 Å². The van der Waals surface area contributed by atoms with Crippen LogP contribution in [-0.2, 0) is 16.0 Å². The molecule has 1 aromatic carbocycles. The summed E-state index contributed by atoms with van der Waals surface area (Å²) in [4.78, 5) is 22.2. The molecule has 0 spiro atoms. The van der Waals surface area contributed by atoms with Gasteiger partial charge in [0, 0.05) is 32.2 Å². The maximum Gasteiger partial charge on any atom is 0.269 e. The number of nitrogens with zero attached hydrogens (tertiary/aromatic N) is 1. The highest BCUT2D eigenvalue weighted by Crippen LogP contribution is 2.27. The van der Waals surface area contributed by atoms with Gasteiger partial charge < -0.3 is 10.1 Å². The molecule has 0 radical (unpaired) electrons. The van der Waals surface area contributed by atoms with Gasteiger partial charge in [0.25, 0.3) is 5.69 Å². The highest BCUT2D eigenvalue weighted by Gasteiger charge is 2.20. The Balaban J connectivity index is 1.63. The van der Waals surface area contributed by atoms with E-state index in [0.29, 0.717) is 31.4 Å². The third-order valence-corrected chi connectivity index (χ3v) is 4.76. The molecular weight excluding hydrogens is 308 g/mol. The summed E-state index contributed by atoms with van der Waals surface area (Å²) in [7, 11) is 1.77. The van der Waals surface area contributed by atoms with E-state index in [4.69, 9.17) is 4.74 Å². The van der Waals surface area contributed by atoms with Crippen LogP contribution < -0.4 is 5.32 Å². The van der Waals surface area contributed by atoms with Crippen molar-refractivity contribution in [2.45, 2.75) is 51.0 Å². The summed E-state index contributed by atoms with van der Waals surface area (Å²) < 4.78 is 5.37. The van der Waals surface area contributed by atoms with Crippen molar-refractivity contribution in [3.63, 3.8) is 0 Å². The van der Waals surface area contributed by atoms with Crippen molar-refractivity contribution in [3.8, 4) is 0 Å². The fourth-order valence-electron chi connectivity index (χ4n) is 3.24. The average molecular weight is 334 g/mol. The Hall–Kier alpha value is -1.95. The number of rotatable bonds is 8. The van der Waals surface area contributed by atoms with Crippen molar-refractivity contribution in [1.29, 1.82) is 0 Å². The van der Waals surface area contributed by atoms with Crippen LogP contribution in [0.1, 0.15) is 44.1 Å². The number of nitrogens with one attached hydrogen (secondary N) is 1. The first-order chi connectivity index (χ1) is 11.6. The molecule has 0 saturated heterocycles. The van der Waals surface area contributed by atoms with Gasteiger partial charge in [0.05, 0.1) is 11.0 Å². The zero-order valence-electron chi connectivity index (χ0n) is 14.2. The van der Waals surface area contributed by atoms with Gasteiger partial charge in [-0.3, -0.25) is 14.9 Å². The van der Waals surface area contributed by atoms with Crippen molar-refractivity contribution < 1.29 is 14.5 Å². The predicted molar refractivity (Wildman–Crippen MR) is 91.8 cm³/mol. The van der Waals surface area contributed by atoms with Gasteiger partial charge in [0.1, 0.15) is 0 Å². The number of carbonyl (C=O) groups is 1. The highest BCUT2D eigenvalue weighted by atomic mass is 16.6. The smallest absolute Gasteiger partial charge is 0.269 e. The Morgan fingerprint density at radius 1 is 1.33 bits per heavy atom. The number of aryl methyl sites for hydroxylation is 1. The van der Waals surface area contributed by atoms with Gasteiger partial charge >= 0.3 is 0 Å². The Labute approximate surface area is 142 Å². The molecule has 1 aliphatic carbocycles. The van der Waals surface area contributed by atoms with Crippen LogP contribution in [-0.4, -0.2) is 30.6 Å². The standard InChI is InChI=1S/C18H26N2O4/c1-24-17-8-5-14(6-9-17)11-12-19-18(21)10-7-15-3-2-4-16(13-15)20(22)23/h2-4,13-14,17H,5-12H2,1H3,(H,19,21). The van der Waals surface area contributed by atoms with Gasteiger partial charge in [0.2, 0.25) is 5.91 Å². The molecule has 24 heavy (non-hydrogen) atoms. The third-order valence-electron chi connectivity index (χ3n) is 4.76. The lowest BCUT2D eigenvalue weighted by atomic mass is 9.85. The van der Waals surface area contributed by atoms with E-state index in [1.807, 2.05) is 6.07 Å². The Morgan fingerprint density at radius 2 is 2.08 bits per heavy atom. The number of ether oxygens (including phenoxy) is 1. The summed E-state index contributed by atoms with van der Waals surface area (Å²) in [6.07, 6.45) is 6.86. The molecular formula is C18H26N2O4. The molecule has 1 fully saturated rings. The summed E-state index contributed by atoms with van der Waals surface area (Å²) in [5.41, 5.74) is 0.886. The summed E-state index contributed by atoms with van der Waals surface area (Å²) in [6.45, 7) is 0.704. The van der Waals surface area contributed by atoms with Crippen molar-refractivity contribution in [2.75, 3.05) is 13.7 Å². The van der Waals surface area contributed by atoms with E-state index in [2.05, 4.69) is 5.32 Å². The summed E-state index contributed by atoms with van der Waals surface area (Å²) in [6, 6.07) is 6.46. The van der Waals surface area contributed by atoms with Crippen LogP contribution in [0.3, 0.4) is 0 Å². The summed E-state index contributed by atoms with van der Waals surface area (Å²) >= 11 is 0. The fraction of sp³-hybridized carbons (Fsp3) is 0.611. The zero-order valence-corrected chi connectivity index (χ0v) is 14.2. The lowest BCUT2D eigenvalue weighted by molar-refractivity contribution is -0.384. The molecule has 132 valence electrons. The molecule has 1 aliphatic rings. The van der Waals surface area contributed by atoms with Gasteiger partial charge in [0.15, 0.2) is 0 Å². The van der Waals surface area contributed by atoms with Crippen molar-refractivity contribution in [3.05, 3.63) is 39.9 Å². The monoisotopic (exact) mass is 334 g/mol. The topological polar surface area (TPSA) is 81.5 Å². The van der Waals surface area contributed by atoms with E-state index in [9.17, 15) is 14.9 Å². The fourth-order valence-corrected chi connectivity index (χ4v) is 3.24. The lowest BCUT2D eigenvalue weighted by Crippen LogP contribution is -2.28. The first-order valence-corrected chi connectivity index (χ1v) is 8.61. The van der Waals surface area contributed by atoms with Crippen LogP contribution in [0.15, 0.2) is 24.3 Å². The summed E-state index contributed by atoms with van der Waals surface area (Å²) in [5, 5.41) is 13.7. The number of nitro benzene ring substituents is 1. The Bertz CT molecular complexity index is 554. The van der Waals surface area contributed by atoms with Crippen LogP contribution >= 0.6 is 0 Å². The second-order valence-corrected chi connectivity index (χ2v) is 6.44. The van der Waals surface area contributed by atoms with Crippen LogP contribution in [0.25, 0.3) is 0 Å². The number of non-ortho nitro benzene ring substituents is 1. The second kappa shape index (κ2) is 9.37. The van der Waals surface area contributed by atoms with Gasteiger partial charge in [-0.25, -0.2) is 0 Å². The average Bonchev–Trinajstić information content (AvgIpc) is 2.61. The zero-order chi connectivity index (χ0) is 17.4. The minimum atomic E-state index is -0.415. The molecule has 1 saturated carbocycles. The molecule has 0 unspecified atom stereocenters. The number of methoxy groups -OCH3 is 1. The number of hydrogen-bond donors (Lipinski definition) is 1. The van der Waals surface area contributed by atoms with E-state index >= 15 is 0 Å². The van der Waals surface area contributed by atoms with E-state index in [0.717, 1.165) is 24.8 Å². The largest absolute Gasteiger partial charge is 0.381 e. The molecule has 1 aromatic rings. The number of benzene rings is 1. The maximum absolute atomic E-state index is 11.9. The van der Waals surface area contributed by atoms with Crippen LogP contribution in [0.2, 0.25) is 0 Å². The molecule has 2 rings (SSSR count). The quantitative estimate of drug-likeness (QED) is 0.584. The molecule has 6 heteroatoms. The van der Waals surface area contributed by atoms with Gasteiger partial charge in [-0.1, -0.05) is 12.1 Å². The molecule has 0 bridgehead atoms. The summed E-state index contributed by atoms with van der Waals surface area (Å²) in [5.74, 6) is 0.681. The molecule has 1 N–H and O–H groups in total. The van der Waals surface area contributed by atoms with Crippen LogP contribution in [0, 0.1) is 16.0 Å². The number of amides is 1. The number of hydrogen-bond acceptors (Lipinski definition) is 4. The predicted octanol–water partition coefficient (Wildman–Crippen LogP) is 3.24. The van der Waals surface area contributed by atoms with Crippen LogP contribution in [0.4, 0.5) is 5.69 Å². The molecule has 0 aromatic heterocycles. The first kappa shape index (κ1) is 18.4. The molecule has 0 aliphatic heterocycles. The third kappa shape index (κ3) is 5.92. The Kier molecular flexibility index (Phi) is 7.18. The van der Waals surface area contributed by atoms with Gasteiger partial charge in [-0.15, -0.1) is 0 Å². The molecule has 6 nitrogen and oxygen atoms in total. The lowest BCUT2D eigenvalue weighted by Gasteiger charge is -2.27. The minimum absolute atomic E-state index is 0.00656. The van der Waals surface area contributed by atoms with Gasteiger partial charge in [-0.2, -0.15) is 0 Å². The molecule has 1 amide bonds. The Morgan fingerprint density at radius 3 is 2.75 bits per heavy atom. The molecule has 0 heterocycles. The van der Waals surface area contributed by atoms with Crippen molar-refractivity contribution >= 4 is 11.6 Å². The normalized spacial score (nSPS) is 20.5. The van der Waals surface area contributed by atoms with Crippen molar-refractivity contribution in [2.24, 2.45) is 5.92 Å². The van der Waals surface area contributed by atoms with E-state index in [1.54, 1.807) is 13.2 Å². The number of carbonyl (C=O) groups excluding carboxylic acids is 1. The first-order valence-electron chi connectivity index (χ1n) is 8.61. The second-order valence-electron chi connectivity index (χ2n) is 6.44. The van der Waals surface area contributed by atoms with E-state index < -0.39 is 4.92 Å². The molecule has 0 atom stereocenters. The van der Waals surface area contributed by atoms with E-state index in [1.165, 1.54) is 25.0 Å². The SMILES string of the molecule is COC1CCC(CCNC(=O)CCc2cccc([N+](=O)[O-])c2)CC1. The van der Waals surface area contributed by atoms with E-state index in [-0.39, 0.29) is 11.6 Å². The highest BCUT2D eigenvalue weighted by molar-refractivity contribution is 5.76. The maximum atomic E-state index is 11.9. The van der Waals surface area contributed by atoms with Gasteiger partial charge in [-0.05, 0) is 50.0 Å². The van der Waals surface area contributed by atoms with Crippen LogP contribution in [0.5, 0.6) is 0 Å². The minimum Gasteiger partial charge on any atom is -0.381 e. The number of nitro groups is 1.